The van der Waals surface area contributed by atoms with Gasteiger partial charge in [-0.2, -0.15) is 9.65 Å². The maximum absolute atomic E-state index is 12.1. The number of amides is 1. The molecular weight excluding hydrogens is 285 g/mol. The third kappa shape index (κ3) is 2.90. The number of methoxy groups -OCH3 is 1. The summed E-state index contributed by atoms with van der Waals surface area (Å²) in [6, 6.07) is 0. The van der Waals surface area contributed by atoms with Crippen molar-refractivity contribution in [3.8, 4) is 5.75 Å². The average Bonchev–Trinajstić information content (AvgIpc) is 3.23. The van der Waals surface area contributed by atoms with Crippen molar-refractivity contribution < 1.29 is 18.6 Å². The molecule has 1 fully saturated rings. The summed E-state index contributed by atoms with van der Waals surface area (Å²) in [6.07, 6.45) is 1.70. The van der Waals surface area contributed by atoms with E-state index in [0.717, 1.165) is 13.1 Å². The summed E-state index contributed by atoms with van der Waals surface area (Å²) in [7, 11) is -2.30. The zero-order valence-electron chi connectivity index (χ0n) is 11.2. The Morgan fingerprint density at radius 3 is 2.80 bits per heavy atom. The molecule has 2 heterocycles. The molecule has 2 rings (SSSR count). The first kappa shape index (κ1) is 14.7. The zero-order chi connectivity index (χ0) is 14.8. The van der Waals surface area contributed by atoms with Crippen molar-refractivity contribution in [2.45, 2.75) is 6.92 Å². The monoisotopic (exact) mass is 301 g/mol. The molecule has 1 saturated heterocycles. The molecule has 0 aliphatic carbocycles. The highest BCUT2D eigenvalue weighted by molar-refractivity contribution is 7.59. The molecule has 1 aromatic heterocycles. The van der Waals surface area contributed by atoms with Crippen LogP contribution in [0.2, 0.25) is 0 Å². The van der Waals surface area contributed by atoms with Gasteiger partial charge in [-0.1, -0.05) is 0 Å². The number of hydrogen-bond donors (Lipinski definition) is 1. The Hall–Kier alpha value is -1.70. The highest BCUT2D eigenvalue weighted by atomic mass is 31.2. The second-order valence-corrected chi connectivity index (χ2v) is 5.80. The maximum Gasteiger partial charge on any atom is 0.374 e. The van der Waals surface area contributed by atoms with Crippen LogP contribution in [-0.2, 0) is 13.9 Å². The molecule has 1 aliphatic heterocycles. The van der Waals surface area contributed by atoms with Gasteiger partial charge < -0.3 is 14.2 Å². The number of anilines is 2. The molecule has 1 unspecified atom stereocenters. The van der Waals surface area contributed by atoms with Crippen LogP contribution >= 0.6 is 7.67 Å². The van der Waals surface area contributed by atoms with Gasteiger partial charge in [0.15, 0.2) is 11.6 Å². The molecule has 10 heteroatoms. The van der Waals surface area contributed by atoms with Crippen LogP contribution < -0.4 is 19.8 Å². The van der Waals surface area contributed by atoms with E-state index in [1.54, 1.807) is 6.92 Å². The van der Waals surface area contributed by atoms with Crippen LogP contribution in [0.5, 0.6) is 5.75 Å². The first-order chi connectivity index (χ1) is 9.53. The lowest BCUT2D eigenvalue weighted by atomic mass is 10.5. The molecule has 110 valence electrons. The minimum atomic E-state index is -3.80. The highest BCUT2D eigenvalue weighted by Crippen LogP contribution is 2.44. The van der Waals surface area contributed by atoms with Gasteiger partial charge in [0, 0.05) is 13.1 Å². The molecule has 0 saturated carbocycles. The lowest BCUT2D eigenvalue weighted by Crippen LogP contribution is -2.26. The third-order valence-corrected chi connectivity index (χ3v) is 4.11. The number of carbonyl (C=O) groups excluding carboxylic acids is 1. The fourth-order valence-electron chi connectivity index (χ4n) is 1.58. The van der Waals surface area contributed by atoms with Gasteiger partial charge in [0.1, 0.15) is 0 Å². The third-order valence-electron chi connectivity index (χ3n) is 2.61. The predicted molar refractivity (Wildman–Crippen MR) is 72.8 cm³/mol. The van der Waals surface area contributed by atoms with E-state index >= 15 is 0 Å². The van der Waals surface area contributed by atoms with Gasteiger partial charge in [0.2, 0.25) is 12.4 Å². The van der Waals surface area contributed by atoms with E-state index < -0.39 is 7.67 Å². The summed E-state index contributed by atoms with van der Waals surface area (Å²) in [5.41, 5.74) is 5.53. The van der Waals surface area contributed by atoms with Gasteiger partial charge in [-0.15, -0.1) is 0 Å². The van der Waals surface area contributed by atoms with E-state index in [0.29, 0.717) is 22.6 Å². The Balaban J connectivity index is 2.37. The van der Waals surface area contributed by atoms with Crippen LogP contribution in [0.3, 0.4) is 0 Å². The Morgan fingerprint density at radius 1 is 1.60 bits per heavy atom. The molecule has 0 aromatic carbocycles. The number of nitrogens with zero attached hydrogens (tertiary/aromatic N) is 4. The fraction of sp³-hybridized carbons (Fsp3) is 0.500. The molecule has 1 amide bonds. The lowest BCUT2D eigenvalue weighted by molar-refractivity contribution is -0.106. The summed E-state index contributed by atoms with van der Waals surface area (Å²) >= 11 is 0. The summed E-state index contributed by atoms with van der Waals surface area (Å²) in [5.74, 6) is 0.920. The molecule has 1 aliphatic rings. The first-order valence-electron chi connectivity index (χ1n) is 5.97. The van der Waals surface area contributed by atoms with Crippen LogP contribution in [0.25, 0.3) is 0 Å². The minimum absolute atomic E-state index is 0.0815. The van der Waals surface area contributed by atoms with Crippen molar-refractivity contribution >= 4 is 25.8 Å². The molecule has 20 heavy (non-hydrogen) atoms. The maximum atomic E-state index is 12.1. The number of rotatable bonds is 7. The van der Waals surface area contributed by atoms with Gasteiger partial charge >= 0.3 is 7.67 Å². The van der Waals surface area contributed by atoms with Crippen LogP contribution in [0.1, 0.15) is 6.92 Å². The van der Waals surface area contributed by atoms with E-state index in [9.17, 15) is 9.36 Å². The summed E-state index contributed by atoms with van der Waals surface area (Å²) in [4.78, 5) is 21.2. The summed E-state index contributed by atoms with van der Waals surface area (Å²) in [6.45, 7) is 3.39. The second-order valence-electron chi connectivity index (χ2n) is 3.98. The van der Waals surface area contributed by atoms with Crippen molar-refractivity contribution in [1.82, 2.24) is 9.97 Å². The van der Waals surface area contributed by atoms with Crippen LogP contribution in [0, 0.1) is 0 Å². The van der Waals surface area contributed by atoms with Gasteiger partial charge in [-0.3, -0.25) is 4.79 Å². The Kier molecular flexibility index (Phi) is 4.22. The Bertz CT molecular complexity index is 550. The van der Waals surface area contributed by atoms with Crippen molar-refractivity contribution in [1.29, 1.82) is 0 Å². The Labute approximate surface area is 116 Å². The van der Waals surface area contributed by atoms with E-state index in [1.807, 2.05) is 4.90 Å². The van der Waals surface area contributed by atoms with Gasteiger partial charge in [-0.05, 0) is 6.92 Å². The minimum Gasteiger partial charge on any atom is -0.491 e. The normalized spacial score (nSPS) is 16.4. The van der Waals surface area contributed by atoms with E-state index in [2.05, 4.69) is 9.97 Å². The summed E-state index contributed by atoms with van der Waals surface area (Å²) in [5, 5.41) is 0. The topological polar surface area (TPSA) is 111 Å². The number of nitrogens with two attached hydrogens (primary N) is 1. The fourth-order valence-corrected chi connectivity index (χ4v) is 2.55. The number of hydrogen-bond acceptors (Lipinski definition) is 7. The molecule has 0 radical (unpaired) electrons. The van der Waals surface area contributed by atoms with Crippen molar-refractivity contribution in [2.24, 2.45) is 5.50 Å². The molecule has 0 spiro atoms. The van der Waals surface area contributed by atoms with Crippen LogP contribution in [0.4, 0.5) is 11.8 Å². The van der Waals surface area contributed by atoms with Gasteiger partial charge in [0.25, 0.3) is 0 Å². The quantitative estimate of drug-likeness (QED) is 0.437. The van der Waals surface area contributed by atoms with Gasteiger partial charge in [-0.25, -0.2) is 15.1 Å². The number of ether oxygens (including phenoxy) is 1. The molecule has 1 aromatic rings. The molecule has 2 N–H and O–H groups in total. The van der Waals surface area contributed by atoms with E-state index in [4.69, 9.17) is 14.8 Å². The van der Waals surface area contributed by atoms with Crippen molar-refractivity contribution in [3.63, 3.8) is 0 Å². The van der Waals surface area contributed by atoms with E-state index in [-0.39, 0.29) is 12.6 Å². The predicted octanol–water partition coefficient (Wildman–Crippen LogP) is 0.371. The van der Waals surface area contributed by atoms with Crippen LogP contribution in [0.15, 0.2) is 6.20 Å². The highest BCUT2D eigenvalue weighted by Gasteiger charge is 2.32. The molecule has 1 atom stereocenters. The first-order valence-corrected chi connectivity index (χ1v) is 7.62. The van der Waals surface area contributed by atoms with E-state index in [1.165, 1.54) is 13.3 Å². The smallest absolute Gasteiger partial charge is 0.374 e. The Morgan fingerprint density at radius 2 is 2.30 bits per heavy atom. The average molecular weight is 301 g/mol. The largest absolute Gasteiger partial charge is 0.491 e. The summed E-state index contributed by atoms with van der Waals surface area (Å²) < 4.78 is 22.9. The number of aromatic nitrogens is 2. The van der Waals surface area contributed by atoms with Gasteiger partial charge in [0.05, 0.1) is 19.9 Å². The molecule has 0 bridgehead atoms. The molecular formula is C10H16N5O4P. The lowest BCUT2D eigenvalue weighted by Gasteiger charge is -2.22. The van der Waals surface area contributed by atoms with Crippen molar-refractivity contribution in [2.75, 3.05) is 36.4 Å². The second kappa shape index (κ2) is 5.74. The SMILES string of the molecule is CCOP(N)(=O)N(C=O)c1ncc(OC)c(N2CC2)n1. The van der Waals surface area contributed by atoms with Crippen LogP contribution in [-0.4, -0.2) is 43.2 Å². The standard InChI is InChI=1S/C10H16N5O4P/c1-3-19-20(11,17)15(7-16)10-12-6-8(18-2)9(13-10)14-4-5-14/h6-7H,3-5H2,1-2H3,(H2,11,17). The van der Waals surface area contributed by atoms with Crippen molar-refractivity contribution in [3.05, 3.63) is 6.20 Å². The zero-order valence-corrected chi connectivity index (χ0v) is 12.1. The number of carbonyl (C=O) groups is 1. The molecule has 9 nitrogen and oxygen atoms in total.